The fourth-order valence-corrected chi connectivity index (χ4v) is 3.34. The standard InChI is InChI=1S/C20H19N5OS/c1-14(19(26)22-17-10-6-9-16(11-17)13-21)27-20-24-23-18(25(20)2)12-15-7-4-3-5-8-15/h3-11,14H,12H2,1-2H3,(H,22,26)/t14-/m1/s1. The number of anilines is 1. The van der Waals surface area contributed by atoms with E-state index >= 15 is 0 Å². The molecule has 2 aromatic carbocycles. The van der Waals surface area contributed by atoms with Crippen LogP contribution in [0.4, 0.5) is 5.69 Å². The molecule has 0 bridgehead atoms. The van der Waals surface area contributed by atoms with Crippen molar-refractivity contribution in [2.24, 2.45) is 7.05 Å². The van der Waals surface area contributed by atoms with Gasteiger partial charge in [-0.1, -0.05) is 48.2 Å². The van der Waals surface area contributed by atoms with Gasteiger partial charge in [-0.15, -0.1) is 10.2 Å². The number of hydrogen-bond donors (Lipinski definition) is 1. The van der Waals surface area contributed by atoms with Crippen molar-refractivity contribution in [3.05, 3.63) is 71.5 Å². The summed E-state index contributed by atoms with van der Waals surface area (Å²) < 4.78 is 1.91. The first-order chi connectivity index (χ1) is 13.1. The Bertz CT molecular complexity index is 978. The summed E-state index contributed by atoms with van der Waals surface area (Å²) in [7, 11) is 1.90. The average molecular weight is 377 g/mol. The molecule has 27 heavy (non-hydrogen) atoms. The van der Waals surface area contributed by atoms with E-state index in [2.05, 4.69) is 21.6 Å². The van der Waals surface area contributed by atoms with Gasteiger partial charge in [0.2, 0.25) is 5.91 Å². The third kappa shape index (κ3) is 4.74. The van der Waals surface area contributed by atoms with Crippen molar-refractivity contribution < 1.29 is 4.79 Å². The Hall–Kier alpha value is -3.11. The largest absolute Gasteiger partial charge is 0.325 e. The number of benzene rings is 2. The Morgan fingerprint density at radius 2 is 2.00 bits per heavy atom. The zero-order chi connectivity index (χ0) is 19.2. The minimum absolute atomic E-state index is 0.150. The van der Waals surface area contributed by atoms with Gasteiger partial charge in [0.1, 0.15) is 5.82 Å². The highest BCUT2D eigenvalue weighted by atomic mass is 32.2. The van der Waals surface area contributed by atoms with E-state index in [1.165, 1.54) is 11.8 Å². The number of aromatic nitrogens is 3. The molecule has 0 aliphatic heterocycles. The second-order valence-corrected chi connectivity index (χ2v) is 7.37. The van der Waals surface area contributed by atoms with E-state index in [1.54, 1.807) is 24.3 Å². The Morgan fingerprint density at radius 3 is 2.74 bits per heavy atom. The summed E-state index contributed by atoms with van der Waals surface area (Å²) in [6, 6.07) is 19.0. The van der Waals surface area contributed by atoms with Gasteiger partial charge < -0.3 is 9.88 Å². The number of thioether (sulfide) groups is 1. The first kappa shape index (κ1) is 18.7. The monoisotopic (exact) mass is 377 g/mol. The van der Waals surface area contributed by atoms with Gasteiger partial charge in [-0.25, -0.2) is 0 Å². The molecule has 1 heterocycles. The van der Waals surface area contributed by atoms with Gasteiger partial charge >= 0.3 is 0 Å². The van der Waals surface area contributed by atoms with Crippen molar-refractivity contribution in [2.75, 3.05) is 5.32 Å². The lowest BCUT2D eigenvalue weighted by Crippen LogP contribution is -2.22. The van der Waals surface area contributed by atoms with Gasteiger partial charge in [0, 0.05) is 19.2 Å². The highest BCUT2D eigenvalue weighted by Crippen LogP contribution is 2.23. The van der Waals surface area contributed by atoms with E-state index in [0.717, 1.165) is 11.4 Å². The van der Waals surface area contributed by atoms with Crippen LogP contribution in [0, 0.1) is 11.3 Å². The molecule has 0 fully saturated rings. The van der Waals surface area contributed by atoms with Crippen LogP contribution in [0.1, 0.15) is 23.9 Å². The Kier molecular flexibility index (Phi) is 5.89. The maximum absolute atomic E-state index is 12.5. The lowest BCUT2D eigenvalue weighted by atomic mass is 10.1. The predicted octanol–water partition coefficient (Wildman–Crippen LogP) is 3.40. The molecule has 1 amide bonds. The van der Waals surface area contributed by atoms with E-state index in [-0.39, 0.29) is 11.2 Å². The van der Waals surface area contributed by atoms with Crippen LogP contribution in [0.3, 0.4) is 0 Å². The maximum atomic E-state index is 12.5. The lowest BCUT2D eigenvalue weighted by Gasteiger charge is -2.12. The fraction of sp³-hybridized carbons (Fsp3) is 0.200. The molecule has 0 aliphatic rings. The molecule has 1 N–H and O–H groups in total. The summed E-state index contributed by atoms with van der Waals surface area (Å²) in [4.78, 5) is 12.5. The minimum atomic E-state index is -0.358. The smallest absolute Gasteiger partial charge is 0.237 e. The number of nitrogens with one attached hydrogen (secondary N) is 1. The van der Waals surface area contributed by atoms with Crippen molar-refractivity contribution in [1.29, 1.82) is 5.26 Å². The fourth-order valence-electron chi connectivity index (χ4n) is 2.50. The normalized spacial score (nSPS) is 11.6. The zero-order valence-electron chi connectivity index (χ0n) is 15.1. The molecule has 0 spiro atoms. The van der Waals surface area contributed by atoms with E-state index in [1.807, 2.05) is 48.9 Å². The molecule has 136 valence electrons. The first-order valence-electron chi connectivity index (χ1n) is 8.46. The molecule has 3 rings (SSSR count). The number of nitriles is 1. The molecule has 7 heteroatoms. The summed E-state index contributed by atoms with van der Waals surface area (Å²) >= 11 is 1.35. The third-order valence-corrected chi connectivity index (χ3v) is 5.17. The van der Waals surface area contributed by atoms with Crippen LogP contribution in [0.15, 0.2) is 59.8 Å². The van der Waals surface area contributed by atoms with Crippen molar-refractivity contribution in [3.63, 3.8) is 0 Å². The summed E-state index contributed by atoms with van der Waals surface area (Å²) in [5.41, 5.74) is 2.27. The third-order valence-electron chi connectivity index (χ3n) is 4.04. The lowest BCUT2D eigenvalue weighted by molar-refractivity contribution is -0.115. The van der Waals surface area contributed by atoms with Crippen molar-refractivity contribution in [3.8, 4) is 6.07 Å². The Morgan fingerprint density at radius 1 is 1.22 bits per heavy atom. The van der Waals surface area contributed by atoms with Gasteiger partial charge in [0.05, 0.1) is 16.9 Å². The highest BCUT2D eigenvalue weighted by Gasteiger charge is 2.19. The van der Waals surface area contributed by atoms with Crippen LogP contribution in [0.5, 0.6) is 0 Å². The topological polar surface area (TPSA) is 83.6 Å². The molecule has 6 nitrogen and oxygen atoms in total. The molecule has 1 atom stereocenters. The van der Waals surface area contributed by atoms with Crippen LogP contribution < -0.4 is 5.32 Å². The highest BCUT2D eigenvalue weighted by molar-refractivity contribution is 8.00. The maximum Gasteiger partial charge on any atom is 0.237 e. The van der Waals surface area contributed by atoms with E-state index in [4.69, 9.17) is 5.26 Å². The first-order valence-corrected chi connectivity index (χ1v) is 9.34. The van der Waals surface area contributed by atoms with Crippen LogP contribution in [0.2, 0.25) is 0 Å². The molecule has 0 unspecified atom stereocenters. The van der Waals surface area contributed by atoms with E-state index < -0.39 is 0 Å². The minimum Gasteiger partial charge on any atom is -0.325 e. The predicted molar refractivity (Wildman–Crippen MR) is 105 cm³/mol. The Balaban J connectivity index is 1.64. The van der Waals surface area contributed by atoms with Crippen LogP contribution in [0.25, 0.3) is 0 Å². The second kappa shape index (κ2) is 8.52. The van der Waals surface area contributed by atoms with Gasteiger partial charge in [-0.3, -0.25) is 4.79 Å². The van der Waals surface area contributed by atoms with Crippen LogP contribution in [-0.2, 0) is 18.3 Å². The van der Waals surface area contributed by atoms with E-state index in [9.17, 15) is 4.79 Å². The molecule has 0 aliphatic carbocycles. The molecule has 0 saturated heterocycles. The number of carbonyl (C=O) groups is 1. The number of carbonyl (C=O) groups excluding carboxylic acids is 1. The quantitative estimate of drug-likeness (QED) is 0.666. The van der Waals surface area contributed by atoms with Gasteiger partial charge in [0.25, 0.3) is 0 Å². The summed E-state index contributed by atoms with van der Waals surface area (Å²) in [5, 5.41) is 20.6. The Labute approximate surface area is 162 Å². The molecular weight excluding hydrogens is 358 g/mol. The van der Waals surface area contributed by atoms with Crippen molar-refractivity contribution in [2.45, 2.75) is 23.8 Å². The summed E-state index contributed by atoms with van der Waals surface area (Å²) in [6.07, 6.45) is 0.687. The number of hydrogen-bond acceptors (Lipinski definition) is 5. The number of rotatable bonds is 6. The molecule has 0 radical (unpaired) electrons. The molecule has 3 aromatic rings. The van der Waals surface area contributed by atoms with Crippen LogP contribution in [-0.4, -0.2) is 25.9 Å². The number of amides is 1. The van der Waals surface area contributed by atoms with Crippen LogP contribution >= 0.6 is 11.8 Å². The number of nitrogens with zero attached hydrogens (tertiary/aromatic N) is 4. The SMILES string of the molecule is C[C@@H](Sc1nnc(Cc2ccccc2)n1C)C(=O)Nc1cccc(C#N)c1. The molecular formula is C20H19N5OS. The summed E-state index contributed by atoms with van der Waals surface area (Å²) in [6.45, 7) is 1.82. The summed E-state index contributed by atoms with van der Waals surface area (Å²) in [5.74, 6) is 0.695. The van der Waals surface area contributed by atoms with Crippen molar-refractivity contribution >= 4 is 23.4 Å². The van der Waals surface area contributed by atoms with Gasteiger partial charge in [-0.05, 0) is 30.7 Å². The molecule has 0 saturated carbocycles. The van der Waals surface area contributed by atoms with Gasteiger partial charge in [-0.2, -0.15) is 5.26 Å². The van der Waals surface area contributed by atoms with E-state index in [0.29, 0.717) is 22.8 Å². The average Bonchev–Trinajstić information content (AvgIpc) is 3.02. The van der Waals surface area contributed by atoms with Gasteiger partial charge in [0.15, 0.2) is 5.16 Å². The second-order valence-electron chi connectivity index (χ2n) is 6.06. The molecule has 1 aromatic heterocycles. The zero-order valence-corrected chi connectivity index (χ0v) is 15.9. The van der Waals surface area contributed by atoms with Crippen molar-refractivity contribution in [1.82, 2.24) is 14.8 Å².